The molecule has 0 saturated carbocycles. The quantitative estimate of drug-likeness (QED) is 0.522. The molecule has 212 valence electrons. The number of rotatable bonds is 6. The largest absolute Gasteiger partial charge is 0.490 e. The number of aryl methyl sites for hydroxylation is 2. The van der Waals surface area contributed by atoms with Crippen molar-refractivity contribution in [2.45, 2.75) is 39.4 Å². The molecule has 2 fully saturated rings. The van der Waals surface area contributed by atoms with E-state index in [9.17, 15) is 27.2 Å². The molecule has 2 aliphatic heterocycles. The van der Waals surface area contributed by atoms with Crippen LogP contribution >= 0.6 is 0 Å². The highest BCUT2D eigenvalue weighted by atomic mass is 19.4. The average molecular weight is 552 g/mol. The standard InChI is InChI=1S/C26H32FN3O2.C2HF3O2/c1-17-6-4-7-18(2)25(17)26(32)30-15-21-13-29(14-22(21)16-30)11-10-24(28-19(3)31)20-8-5-9-23(27)12-20;3-2(4,5)1(6)7/h4-9,12,21-22,24H,10-11,13-16H2,1-3H3,(H,28,31);(H,6,7)/t21-,22?,24?;/m0./s1. The summed E-state index contributed by atoms with van der Waals surface area (Å²) in [5, 5.41) is 10.1. The van der Waals surface area contributed by atoms with Crippen LogP contribution in [0.4, 0.5) is 17.6 Å². The van der Waals surface area contributed by atoms with Crippen molar-refractivity contribution >= 4 is 17.8 Å². The summed E-state index contributed by atoms with van der Waals surface area (Å²) < 4.78 is 45.4. The van der Waals surface area contributed by atoms with Crippen molar-refractivity contribution in [2.75, 3.05) is 32.7 Å². The van der Waals surface area contributed by atoms with Crippen molar-refractivity contribution in [3.05, 3.63) is 70.5 Å². The van der Waals surface area contributed by atoms with E-state index in [4.69, 9.17) is 9.90 Å². The zero-order valence-corrected chi connectivity index (χ0v) is 22.1. The van der Waals surface area contributed by atoms with E-state index in [0.717, 1.165) is 61.4 Å². The number of carbonyl (C=O) groups is 3. The van der Waals surface area contributed by atoms with Gasteiger partial charge in [0.25, 0.3) is 5.91 Å². The summed E-state index contributed by atoms with van der Waals surface area (Å²) in [5.41, 5.74) is 3.72. The molecule has 2 unspecified atom stereocenters. The van der Waals surface area contributed by atoms with Crippen LogP contribution in [0, 0.1) is 31.5 Å². The molecule has 2 aromatic rings. The second-order valence-corrected chi connectivity index (χ2v) is 10.2. The number of nitrogens with zero attached hydrogens (tertiary/aromatic N) is 2. The number of halogens is 4. The molecule has 2 amide bonds. The van der Waals surface area contributed by atoms with Crippen LogP contribution in [0.15, 0.2) is 42.5 Å². The molecule has 2 aromatic carbocycles. The van der Waals surface area contributed by atoms with Gasteiger partial charge in [-0.1, -0.05) is 30.3 Å². The van der Waals surface area contributed by atoms with Crippen molar-refractivity contribution in [1.29, 1.82) is 0 Å². The minimum Gasteiger partial charge on any atom is -0.475 e. The van der Waals surface area contributed by atoms with E-state index in [2.05, 4.69) is 10.2 Å². The first-order valence-corrected chi connectivity index (χ1v) is 12.7. The molecule has 4 rings (SSSR count). The number of carboxylic acid groups (broad SMARTS) is 1. The maximum Gasteiger partial charge on any atom is 0.490 e. The van der Waals surface area contributed by atoms with E-state index in [0.29, 0.717) is 11.8 Å². The van der Waals surface area contributed by atoms with Gasteiger partial charge in [0.2, 0.25) is 5.91 Å². The number of aliphatic carboxylic acids is 1. The number of fused-ring (bicyclic) bond motifs is 1. The van der Waals surface area contributed by atoms with E-state index < -0.39 is 12.1 Å². The van der Waals surface area contributed by atoms with Crippen LogP contribution in [-0.2, 0) is 9.59 Å². The van der Waals surface area contributed by atoms with Gasteiger partial charge in [-0.05, 0) is 60.9 Å². The first-order valence-electron chi connectivity index (χ1n) is 12.7. The number of nitrogens with one attached hydrogen (secondary N) is 1. The minimum absolute atomic E-state index is 0.113. The summed E-state index contributed by atoms with van der Waals surface area (Å²) in [6, 6.07) is 12.3. The van der Waals surface area contributed by atoms with Crippen LogP contribution in [0.3, 0.4) is 0 Å². The van der Waals surface area contributed by atoms with Gasteiger partial charge in [0, 0.05) is 45.2 Å². The number of carboxylic acids is 1. The van der Waals surface area contributed by atoms with E-state index in [1.54, 1.807) is 6.07 Å². The Bertz CT molecular complexity index is 1170. The van der Waals surface area contributed by atoms with Gasteiger partial charge in [-0.25, -0.2) is 9.18 Å². The molecule has 0 bridgehead atoms. The molecule has 0 aromatic heterocycles. The Hall–Kier alpha value is -3.47. The normalized spacial score (nSPS) is 19.6. The predicted molar refractivity (Wildman–Crippen MR) is 137 cm³/mol. The number of likely N-dealkylation sites (tertiary alicyclic amines) is 2. The fraction of sp³-hybridized carbons (Fsp3) is 0.464. The Morgan fingerprint density at radius 3 is 2.03 bits per heavy atom. The first-order chi connectivity index (χ1) is 18.3. The summed E-state index contributed by atoms with van der Waals surface area (Å²) in [4.78, 5) is 38.2. The van der Waals surface area contributed by atoms with Crippen LogP contribution in [-0.4, -0.2) is 71.6 Å². The number of carbonyl (C=O) groups excluding carboxylic acids is 2. The van der Waals surface area contributed by atoms with Gasteiger partial charge in [-0.15, -0.1) is 0 Å². The third-order valence-corrected chi connectivity index (χ3v) is 7.15. The Balaban J connectivity index is 0.000000532. The molecule has 2 N–H and O–H groups in total. The molecule has 0 aliphatic carbocycles. The SMILES string of the molecule is CC(=O)NC(CCN1CC2CN(C(=O)c3c(C)cccc3C)C[C@@H]2C1)c1cccc(F)c1.O=C(O)C(F)(F)F. The van der Waals surface area contributed by atoms with Gasteiger partial charge < -0.3 is 20.2 Å². The Labute approximate surface area is 224 Å². The van der Waals surface area contributed by atoms with Gasteiger partial charge in [-0.2, -0.15) is 13.2 Å². The van der Waals surface area contributed by atoms with Gasteiger partial charge in [-0.3, -0.25) is 9.59 Å². The zero-order valence-electron chi connectivity index (χ0n) is 22.1. The Morgan fingerprint density at radius 1 is 1.00 bits per heavy atom. The third-order valence-electron chi connectivity index (χ3n) is 7.15. The monoisotopic (exact) mass is 551 g/mol. The number of hydrogen-bond acceptors (Lipinski definition) is 4. The first kappa shape index (κ1) is 30.1. The van der Waals surface area contributed by atoms with E-state index in [1.807, 2.05) is 43.0 Å². The van der Waals surface area contributed by atoms with Gasteiger partial charge in [0.15, 0.2) is 0 Å². The summed E-state index contributed by atoms with van der Waals surface area (Å²) in [7, 11) is 0. The topological polar surface area (TPSA) is 90.0 Å². The van der Waals surface area contributed by atoms with E-state index >= 15 is 0 Å². The number of amides is 2. The van der Waals surface area contributed by atoms with Crippen LogP contribution in [0.25, 0.3) is 0 Å². The molecule has 2 saturated heterocycles. The summed E-state index contributed by atoms with van der Waals surface area (Å²) >= 11 is 0. The molecule has 11 heteroatoms. The molecule has 7 nitrogen and oxygen atoms in total. The fourth-order valence-corrected chi connectivity index (χ4v) is 5.35. The summed E-state index contributed by atoms with van der Waals surface area (Å²) in [5.74, 6) is -2.04. The molecule has 0 radical (unpaired) electrons. The highest BCUT2D eigenvalue weighted by molar-refractivity contribution is 5.97. The maximum absolute atomic E-state index is 13.7. The smallest absolute Gasteiger partial charge is 0.475 e. The Kier molecular flexibility index (Phi) is 9.71. The second-order valence-electron chi connectivity index (χ2n) is 10.2. The van der Waals surface area contributed by atoms with Crippen molar-refractivity contribution in [1.82, 2.24) is 15.1 Å². The second kappa shape index (κ2) is 12.6. The van der Waals surface area contributed by atoms with E-state index in [-0.39, 0.29) is 23.7 Å². The Morgan fingerprint density at radius 2 is 1.54 bits per heavy atom. The molecule has 2 heterocycles. The highest BCUT2D eigenvalue weighted by Crippen LogP contribution is 2.33. The third kappa shape index (κ3) is 8.01. The van der Waals surface area contributed by atoms with Crippen LogP contribution in [0.2, 0.25) is 0 Å². The van der Waals surface area contributed by atoms with Gasteiger partial charge >= 0.3 is 12.1 Å². The molecule has 0 spiro atoms. The lowest BCUT2D eigenvalue weighted by atomic mass is 10.0. The lowest BCUT2D eigenvalue weighted by Gasteiger charge is -2.25. The maximum atomic E-state index is 13.7. The minimum atomic E-state index is -5.08. The zero-order chi connectivity index (χ0) is 28.9. The van der Waals surface area contributed by atoms with Crippen molar-refractivity contribution in [3.63, 3.8) is 0 Å². The molecular formula is C28H33F4N3O4. The van der Waals surface area contributed by atoms with E-state index in [1.165, 1.54) is 19.1 Å². The van der Waals surface area contributed by atoms with Crippen LogP contribution in [0.1, 0.15) is 46.4 Å². The highest BCUT2D eigenvalue weighted by Gasteiger charge is 2.42. The van der Waals surface area contributed by atoms with Gasteiger partial charge in [0.1, 0.15) is 5.82 Å². The molecule has 3 atom stereocenters. The van der Waals surface area contributed by atoms with Crippen molar-refractivity contribution < 1.29 is 37.1 Å². The lowest BCUT2D eigenvalue weighted by Crippen LogP contribution is -2.35. The predicted octanol–water partition coefficient (Wildman–Crippen LogP) is 4.35. The summed E-state index contributed by atoms with van der Waals surface area (Å²) in [6.45, 7) is 9.84. The van der Waals surface area contributed by atoms with Gasteiger partial charge in [0.05, 0.1) is 6.04 Å². The van der Waals surface area contributed by atoms with Crippen molar-refractivity contribution in [2.24, 2.45) is 11.8 Å². The average Bonchev–Trinajstić information content (AvgIpc) is 3.40. The lowest BCUT2D eigenvalue weighted by molar-refractivity contribution is -0.192. The molecular weight excluding hydrogens is 518 g/mol. The molecule has 39 heavy (non-hydrogen) atoms. The fourth-order valence-electron chi connectivity index (χ4n) is 5.35. The number of benzene rings is 2. The summed E-state index contributed by atoms with van der Waals surface area (Å²) in [6.07, 6.45) is -4.35. The number of alkyl halides is 3. The van der Waals surface area contributed by atoms with Crippen LogP contribution < -0.4 is 5.32 Å². The molecule has 2 aliphatic rings. The van der Waals surface area contributed by atoms with Crippen LogP contribution in [0.5, 0.6) is 0 Å². The van der Waals surface area contributed by atoms with Crippen molar-refractivity contribution in [3.8, 4) is 0 Å². The number of hydrogen-bond donors (Lipinski definition) is 2.